The molecule has 0 aromatic heterocycles. The normalized spacial score (nSPS) is 15.4. The third-order valence-corrected chi connectivity index (χ3v) is 3.92. The number of amides is 1. The zero-order valence-electron chi connectivity index (χ0n) is 14.3. The summed E-state index contributed by atoms with van der Waals surface area (Å²) in [5, 5.41) is 21.6. The van der Waals surface area contributed by atoms with E-state index >= 15 is 0 Å². The Balaban J connectivity index is 1.86. The Bertz CT molecular complexity index is 661. The Morgan fingerprint density at radius 3 is 2.92 bits per heavy atom. The first-order chi connectivity index (χ1) is 12.1. The van der Waals surface area contributed by atoms with Crippen molar-refractivity contribution in [3.63, 3.8) is 0 Å². The maximum absolute atomic E-state index is 12.1. The summed E-state index contributed by atoms with van der Waals surface area (Å²) in [6.07, 6.45) is 2.29. The molecule has 1 aromatic carbocycles. The number of hydrogen-bond acceptors (Lipinski definition) is 6. The number of methoxy groups -OCH3 is 1. The molecule has 25 heavy (non-hydrogen) atoms. The third kappa shape index (κ3) is 5.78. The molecule has 0 bridgehead atoms. The average Bonchev–Trinajstić information content (AvgIpc) is 2.65. The van der Waals surface area contributed by atoms with E-state index in [2.05, 4.69) is 10.2 Å². The van der Waals surface area contributed by atoms with Gasteiger partial charge in [0.2, 0.25) is 0 Å². The molecule has 1 aromatic rings. The molecule has 134 valence electrons. The van der Waals surface area contributed by atoms with Crippen LogP contribution in [0.1, 0.15) is 12.0 Å². The van der Waals surface area contributed by atoms with E-state index in [-0.39, 0.29) is 17.1 Å². The number of nitrogens with zero attached hydrogens (tertiary/aromatic N) is 2. The molecule has 0 aliphatic carbocycles. The van der Waals surface area contributed by atoms with E-state index in [9.17, 15) is 15.2 Å². The summed E-state index contributed by atoms with van der Waals surface area (Å²) in [5.74, 6) is -0.112. The molecule has 2 N–H and O–H groups in total. The molecule has 1 aliphatic heterocycles. The first-order valence-electron chi connectivity index (χ1n) is 8.21. The van der Waals surface area contributed by atoms with E-state index in [4.69, 9.17) is 9.47 Å². The van der Waals surface area contributed by atoms with Crippen LogP contribution in [-0.4, -0.2) is 62.4 Å². The summed E-state index contributed by atoms with van der Waals surface area (Å²) in [4.78, 5) is 14.4. The molecule has 7 nitrogen and oxygen atoms in total. The largest absolute Gasteiger partial charge is 0.504 e. The second-order valence-electron chi connectivity index (χ2n) is 5.66. The van der Waals surface area contributed by atoms with Crippen LogP contribution >= 0.6 is 0 Å². The van der Waals surface area contributed by atoms with Crippen LogP contribution in [0.5, 0.6) is 11.5 Å². The van der Waals surface area contributed by atoms with Gasteiger partial charge in [0.05, 0.1) is 20.3 Å². The summed E-state index contributed by atoms with van der Waals surface area (Å²) in [5.41, 5.74) is 0.619. The van der Waals surface area contributed by atoms with E-state index in [1.165, 1.54) is 19.3 Å². The minimum atomic E-state index is -0.406. The number of phenolic OH excluding ortho intramolecular Hbond substituents is 1. The Kier molecular flexibility index (Phi) is 7.26. The van der Waals surface area contributed by atoms with Crippen molar-refractivity contribution in [2.24, 2.45) is 0 Å². The Morgan fingerprint density at radius 2 is 2.24 bits per heavy atom. The fraction of sp³-hybridized carbons (Fsp3) is 0.444. The minimum Gasteiger partial charge on any atom is -0.504 e. The van der Waals surface area contributed by atoms with Crippen molar-refractivity contribution in [1.29, 1.82) is 5.26 Å². The number of morpholine rings is 1. The van der Waals surface area contributed by atoms with Gasteiger partial charge in [-0.25, -0.2) is 0 Å². The summed E-state index contributed by atoms with van der Waals surface area (Å²) < 4.78 is 10.3. The van der Waals surface area contributed by atoms with Crippen LogP contribution < -0.4 is 10.1 Å². The van der Waals surface area contributed by atoms with Gasteiger partial charge >= 0.3 is 0 Å². The van der Waals surface area contributed by atoms with E-state index in [1.807, 2.05) is 6.07 Å². The Morgan fingerprint density at radius 1 is 1.48 bits per heavy atom. The molecule has 1 amide bonds. The molecular formula is C18H23N3O4. The van der Waals surface area contributed by atoms with Crippen LogP contribution in [0.3, 0.4) is 0 Å². The second-order valence-corrected chi connectivity index (χ2v) is 5.66. The number of benzene rings is 1. The highest BCUT2D eigenvalue weighted by Crippen LogP contribution is 2.27. The number of ether oxygens (including phenoxy) is 2. The van der Waals surface area contributed by atoms with Gasteiger partial charge < -0.3 is 19.9 Å². The molecule has 1 saturated heterocycles. The van der Waals surface area contributed by atoms with Crippen LogP contribution in [0.15, 0.2) is 23.8 Å². The van der Waals surface area contributed by atoms with Crippen molar-refractivity contribution in [3.05, 3.63) is 29.3 Å². The molecule has 1 heterocycles. The van der Waals surface area contributed by atoms with Gasteiger partial charge in [-0.05, 0) is 36.7 Å². The van der Waals surface area contributed by atoms with Crippen LogP contribution in [-0.2, 0) is 9.53 Å². The number of phenols is 1. The highest BCUT2D eigenvalue weighted by Gasteiger charge is 2.12. The zero-order chi connectivity index (χ0) is 18.1. The van der Waals surface area contributed by atoms with Crippen LogP contribution in [0.4, 0.5) is 0 Å². The minimum absolute atomic E-state index is 0.00530. The molecule has 0 radical (unpaired) electrons. The molecule has 0 atom stereocenters. The van der Waals surface area contributed by atoms with E-state index in [0.29, 0.717) is 12.1 Å². The summed E-state index contributed by atoms with van der Waals surface area (Å²) in [7, 11) is 1.44. The predicted molar refractivity (Wildman–Crippen MR) is 93.1 cm³/mol. The summed E-state index contributed by atoms with van der Waals surface area (Å²) in [6, 6.07) is 6.55. The van der Waals surface area contributed by atoms with Gasteiger partial charge in [-0.3, -0.25) is 9.69 Å². The quantitative estimate of drug-likeness (QED) is 0.437. The Hall–Kier alpha value is -2.56. The molecule has 0 saturated carbocycles. The number of aromatic hydroxyl groups is 1. The van der Waals surface area contributed by atoms with Crippen molar-refractivity contribution in [1.82, 2.24) is 10.2 Å². The van der Waals surface area contributed by atoms with Gasteiger partial charge in [0.1, 0.15) is 11.6 Å². The predicted octanol–water partition coefficient (Wildman–Crippen LogP) is 1.15. The van der Waals surface area contributed by atoms with E-state index < -0.39 is 5.91 Å². The highest BCUT2D eigenvalue weighted by molar-refractivity contribution is 6.01. The maximum atomic E-state index is 12.1. The van der Waals surface area contributed by atoms with Crippen LogP contribution in [0.25, 0.3) is 6.08 Å². The lowest BCUT2D eigenvalue weighted by molar-refractivity contribution is -0.117. The highest BCUT2D eigenvalue weighted by atomic mass is 16.5. The van der Waals surface area contributed by atoms with Gasteiger partial charge in [0.15, 0.2) is 11.5 Å². The fourth-order valence-corrected chi connectivity index (χ4v) is 2.52. The summed E-state index contributed by atoms with van der Waals surface area (Å²) in [6.45, 7) is 4.74. The maximum Gasteiger partial charge on any atom is 0.261 e. The Labute approximate surface area is 147 Å². The average molecular weight is 345 g/mol. The van der Waals surface area contributed by atoms with E-state index in [0.717, 1.165) is 39.3 Å². The number of carbonyl (C=O) groups is 1. The van der Waals surface area contributed by atoms with Gasteiger partial charge in [0, 0.05) is 19.6 Å². The fourth-order valence-electron chi connectivity index (χ4n) is 2.52. The van der Waals surface area contributed by atoms with Crippen molar-refractivity contribution < 1.29 is 19.4 Å². The number of nitriles is 1. The lowest BCUT2D eigenvalue weighted by Crippen LogP contribution is -2.38. The molecule has 1 fully saturated rings. The molecule has 7 heteroatoms. The molecule has 0 unspecified atom stereocenters. The molecule has 0 spiro atoms. The van der Waals surface area contributed by atoms with Crippen molar-refractivity contribution in [2.45, 2.75) is 6.42 Å². The van der Waals surface area contributed by atoms with Crippen molar-refractivity contribution in [2.75, 3.05) is 46.5 Å². The zero-order valence-corrected chi connectivity index (χ0v) is 14.3. The first kappa shape index (κ1) is 18.8. The topological polar surface area (TPSA) is 94.8 Å². The molecular weight excluding hydrogens is 322 g/mol. The van der Waals surface area contributed by atoms with Gasteiger partial charge in [-0.15, -0.1) is 0 Å². The smallest absolute Gasteiger partial charge is 0.261 e. The number of hydrogen-bond donors (Lipinski definition) is 2. The second kappa shape index (κ2) is 9.67. The standard InChI is InChI=1S/C18H23N3O4/c1-24-17-12-14(3-4-16(17)22)11-15(13-19)18(23)20-5-2-6-21-7-9-25-10-8-21/h3-4,11-12,22H,2,5-10H2,1H3,(H,20,23). The monoisotopic (exact) mass is 345 g/mol. The number of carbonyl (C=O) groups excluding carboxylic acids is 1. The molecule has 2 rings (SSSR count). The lowest BCUT2D eigenvalue weighted by Gasteiger charge is -2.26. The first-order valence-corrected chi connectivity index (χ1v) is 8.21. The van der Waals surface area contributed by atoms with Crippen molar-refractivity contribution in [3.8, 4) is 17.6 Å². The number of rotatable bonds is 7. The van der Waals surface area contributed by atoms with Crippen LogP contribution in [0, 0.1) is 11.3 Å². The van der Waals surface area contributed by atoms with E-state index in [1.54, 1.807) is 12.1 Å². The van der Waals surface area contributed by atoms with Gasteiger partial charge in [-0.2, -0.15) is 5.26 Å². The SMILES string of the molecule is COc1cc(C=C(C#N)C(=O)NCCCN2CCOCC2)ccc1O. The van der Waals surface area contributed by atoms with Gasteiger partial charge in [-0.1, -0.05) is 6.07 Å². The number of nitrogens with one attached hydrogen (secondary N) is 1. The van der Waals surface area contributed by atoms with Crippen LogP contribution in [0.2, 0.25) is 0 Å². The third-order valence-electron chi connectivity index (χ3n) is 3.92. The lowest BCUT2D eigenvalue weighted by atomic mass is 10.1. The summed E-state index contributed by atoms with van der Waals surface area (Å²) >= 11 is 0. The van der Waals surface area contributed by atoms with Crippen molar-refractivity contribution >= 4 is 12.0 Å². The molecule has 1 aliphatic rings. The van der Waals surface area contributed by atoms with Gasteiger partial charge in [0.25, 0.3) is 5.91 Å².